The third kappa shape index (κ3) is 2.80. The summed E-state index contributed by atoms with van der Waals surface area (Å²) in [6, 6.07) is 10.7. The van der Waals surface area contributed by atoms with Crippen LogP contribution in [0.5, 0.6) is 0 Å². The number of hydrogen-bond donors (Lipinski definition) is 1. The van der Waals surface area contributed by atoms with Crippen molar-refractivity contribution in [3.8, 4) is 0 Å². The highest BCUT2D eigenvalue weighted by Gasteiger charge is 2.32. The fourth-order valence-electron chi connectivity index (χ4n) is 2.63. The molecular formula is C14H20OS. The van der Waals surface area contributed by atoms with E-state index in [0.717, 1.165) is 31.4 Å². The molecule has 1 fully saturated rings. The van der Waals surface area contributed by atoms with Crippen LogP contribution >= 0.6 is 11.8 Å². The Hall–Kier alpha value is -0.470. The summed E-state index contributed by atoms with van der Waals surface area (Å²) in [5, 5.41) is 10.3. The third-order valence-corrected chi connectivity index (χ3v) is 4.43. The minimum Gasteiger partial charge on any atom is -0.389 e. The predicted molar refractivity (Wildman–Crippen MR) is 71.0 cm³/mol. The maximum Gasteiger partial charge on any atom is 0.0738 e. The van der Waals surface area contributed by atoms with Gasteiger partial charge in [0.25, 0.3) is 0 Å². The molecule has 1 aromatic rings. The van der Waals surface area contributed by atoms with Crippen LogP contribution in [-0.2, 0) is 0 Å². The molecule has 0 spiro atoms. The largest absolute Gasteiger partial charge is 0.389 e. The number of benzene rings is 1. The zero-order valence-corrected chi connectivity index (χ0v) is 10.7. The molecule has 2 heteroatoms. The molecule has 0 saturated heterocycles. The van der Waals surface area contributed by atoms with Crippen molar-refractivity contribution in [3.05, 3.63) is 35.9 Å². The molecule has 0 radical (unpaired) electrons. The van der Waals surface area contributed by atoms with Crippen LogP contribution in [0.4, 0.5) is 0 Å². The first kappa shape index (κ1) is 12.0. The molecule has 1 saturated carbocycles. The van der Waals surface area contributed by atoms with Crippen LogP contribution in [0.1, 0.15) is 37.2 Å². The second-order valence-corrected chi connectivity index (χ2v) is 5.71. The molecule has 0 bridgehead atoms. The second-order valence-electron chi connectivity index (χ2n) is 4.84. The van der Waals surface area contributed by atoms with Crippen molar-refractivity contribution in [1.29, 1.82) is 0 Å². The lowest BCUT2D eigenvalue weighted by atomic mass is 9.77. The van der Waals surface area contributed by atoms with Gasteiger partial charge in [-0.05, 0) is 43.4 Å². The molecule has 0 atom stereocenters. The number of aliphatic hydroxyl groups is 1. The lowest BCUT2D eigenvalue weighted by Crippen LogP contribution is -2.35. The first-order chi connectivity index (χ1) is 7.73. The number of hydrogen-bond acceptors (Lipinski definition) is 2. The summed E-state index contributed by atoms with van der Waals surface area (Å²) in [5.41, 5.74) is 1.04. The van der Waals surface area contributed by atoms with E-state index in [-0.39, 0.29) is 0 Å². The number of rotatable bonds is 3. The zero-order chi connectivity index (χ0) is 11.4. The first-order valence-electron chi connectivity index (χ1n) is 6.00. The Morgan fingerprint density at radius 2 is 1.88 bits per heavy atom. The van der Waals surface area contributed by atoms with Crippen LogP contribution in [0.2, 0.25) is 0 Å². The molecular weight excluding hydrogens is 216 g/mol. The summed E-state index contributed by atoms with van der Waals surface area (Å²) < 4.78 is 0. The highest BCUT2D eigenvalue weighted by molar-refractivity contribution is 7.98. The summed E-state index contributed by atoms with van der Waals surface area (Å²) in [5.74, 6) is 1.54. The fraction of sp³-hybridized carbons (Fsp3) is 0.571. The van der Waals surface area contributed by atoms with Crippen LogP contribution in [0.15, 0.2) is 30.3 Å². The van der Waals surface area contributed by atoms with Gasteiger partial charge in [-0.15, -0.1) is 0 Å². The van der Waals surface area contributed by atoms with Gasteiger partial charge in [-0.3, -0.25) is 0 Å². The molecule has 1 nitrogen and oxygen atoms in total. The van der Waals surface area contributed by atoms with E-state index in [1.54, 1.807) is 11.8 Å². The molecule has 0 heterocycles. The van der Waals surface area contributed by atoms with E-state index in [0.29, 0.717) is 5.92 Å². The SMILES string of the molecule is CSCC1(O)CCC(c2ccccc2)CC1. The summed E-state index contributed by atoms with van der Waals surface area (Å²) in [6.45, 7) is 0. The Bertz CT molecular complexity index is 315. The molecule has 1 aromatic carbocycles. The third-order valence-electron chi connectivity index (χ3n) is 3.60. The van der Waals surface area contributed by atoms with Gasteiger partial charge in [-0.2, -0.15) is 11.8 Å². The Balaban J connectivity index is 1.95. The van der Waals surface area contributed by atoms with Gasteiger partial charge in [-0.25, -0.2) is 0 Å². The molecule has 0 unspecified atom stereocenters. The highest BCUT2D eigenvalue weighted by atomic mass is 32.2. The Kier molecular flexibility index (Phi) is 3.93. The monoisotopic (exact) mass is 236 g/mol. The van der Waals surface area contributed by atoms with Crippen LogP contribution in [-0.4, -0.2) is 22.7 Å². The van der Waals surface area contributed by atoms with Crippen molar-refractivity contribution in [2.45, 2.75) is 37.2 Å². The maximum atomic E-state index is 10.3. The molecule has 0 aliphatic heterocycles. The van der Waals surface area contributed by atoms with Crippen LogP contribution in [0, 0.1) is 0 Å². The van der Waals surface area contributed by atoms with Gasteiger partial charge in [0.1, 0.15) is 0 Å². The summed E-state index contributed by atoms with van der Waals surface area (Å²) >= 11 is 1.75. The minimum atomic E-state index is -0.398. The van der Waals surface area contributed by atoms with Crippen molar-refractivity contribution in [1.82, 2.24) is 0 Å². The molecule has 1 aliphatic rings. The van der Waals surface area contributed by atoms with E-state index in [1.807, 2.05) is 0 Å². The quantitative estimate of drug-likeness (QED) is 0.867. The summed E-state index contributed by atoms with van der Waals surface area (Å²) in [4.78, 5) is 0. The van der Waals surface area contributed by atoms with Gasteiger partial charge in [0.15, 0.2) is 0 Å². The Morgan fingerprint density at radius 3 is 2.44 bits per heavy atom. The average Bonchev–Trinajstić information content (AvgIpc) is 2.31. The smallest absolute Gasteiger partial charge is 0.0738 e. The lowest BCUT2D eigenvalue weighted by Gasteiger charge is -2.35. The standard InChI is InChI=1S/C14H20OS/c1-16-11-14(15)9-7-13(8-10-14)12-5-3-2-4-6-12/h2-6,13,15H,7-11H2,1H3. The van der Waals surface area contributed by atoms with Crippen LogP contribution < -0.4 is 0 Å². The van der Waals surface area contributed by atoms with Gasteiger partial charge in [0, 0.05) is 5.75 Å². The average molecular weight is 236 g/mol. The topological polar surface area (TPSA) is 20.2 Å². The normalized spacial score (nSPS) is 30.2. The predicted octanol–water partition coefficient (Wildman–Crippen LogP) is 3.44. The molecule has 1 aliphatic carbocycles. The second kappa shape index (κ2) is 5.24. The lowest BCUT2D eigenvalue weighted by molar-refractivity contribution is 0.0219. The molecule has 1 N–H and O–H groups in total. The summed E-state index contributed by atoms with van der Waals surface area (Å²) in [7, 11) is 0. The van der Waals surface area contributed by atoms with Gasteiger partial charge in [0.05, 0.1) is 5.60 Å². The van der Waals surface area contributed by atoms with Gasteiger partial charge in [-0.1, -0.05) is 30.3 Å². The van der Waals surface area contributed by atoms with Crippen molar-refractivity contribution in [3.63, 3.8) is 0 Å². The van der Waals surface area contributed by atoms with E-state index in [2.05, 4.69) is 36.6 Å². The van der Waals surface area contributed by atoms with E-state index < -0.39 is 5.60 Å². The van der Waals surface area contributed by atoms with Crippen LogP contribution in [0.3, 0.4) is 0 Å². The van der Waals surface area contributed by atoms with Crippen molar-refractivity contribution in [2.75, 3.05) is 12.0 Å². The van der Waals surface area contributed by atoms with E-state index in [4.69, 9.17) is 0 Å². The zero-order valence-electron chi connectivity index (χ0n) is 9.86. The van der Waals surface area contributed by atoms with Crippen molar-refractivity contribution < 1.29 is 5.11 Å². The Morgan fingerprint density at radius 1 is 1.25 bits per heavy atom. The van der Waals surface area contributed by atoms with Gasteiger partial charge < -0.3 is 5.11 Å². The minimum absolute atomic E-state index is 0.398. The highest BCUT2D eigenvalue weighted by Crippen LogP contribution is 2.38. The number of thioether (sulfide) groups is 1. The van der Waals surface area contributed by atoms with E-state index >= 15 is 0 Å². The van der Waals surface area contributed by atoms with Crippen LogP contribution in [0.25, 0.3) is 0 Å². The molecule has 2 rings (SSSR count). The first-order valence-corrected chi connectivity index (χ1v) is 7.39. The van der Waals surface area contributed by atoms with E-state index in [1.165, 1.54) is 5.56 Å². The van der Waals surface area contributed by atoms with Gasteiger partial charge in [0.2, 0.25) is 0 Å². The van der Waals surface area contributed by atoms with E-state index in [9.17, 15) is 5.11 Å². The molecule has 88 valence electrons. The molecule has 0 aromatic heterocycles. The van der Waals surface area contributed by atoms with Crippen molar-refractivity contribution in [2.24, 2.45) is 0 Å². The maximum absolute atomic E-state index is 10.3. The fourth-order valence-corrected chi connectivity index (χ4v) is 3.45. The van der Waals surface area contributed by atoms with Crippen molar-refractivity contribution >= 4 is 11.8 Å². The molecule has 16 heavy (non-hydrogen) atoms. The molecule has 0 amide bonds. The van der Waals surface area contributed by atoms with Gasteiger partial charge >= 0.3 is 0 Å². The summed E-state index contributed by atoms with van der Waals surface area (Å²) in [6.07, 6.45) is 6.23. The Labute approximate surface area is 102 Å².